The molecule has 0 unspecified atom stereocenters. The number of nitrogens with zero attached hydrogens (tertiary/aromatic N) is 3. The minimum absolute atomic E-state index is 0.419. The number of nitriles is 1. The molecule has 3 nitrogen and oxygen atoms in total. The molecule has 1 aromatic carbocycles. The summed E-state index contributed by atoms with van der Waals surface area (Å²) >= 11 is 0. The standard InChI is InChI=1S/C18H13N3/c1-13-5-7-14(8-6-13)15-9-10-17(21-18(15)12-19)16-4-2-3-11-20-16/h2-11H,1H3. The minimum atomic E-state index is 0.419. The molecular formula is C18H13N3. The molecule has 2 heterocycles. The van der Waals surface area contributed by atoms with E-state index >= 15 is 0 Å². The highest BCUT2D eigenvalue weighted by Crippen LogP contribution is 2.25. The van der Waals surface area contributed by atoms with Gasteiger partial charge in [0.1, 0.15) is 11.8 Å². The summed E-state index contributed by atoms with van der Waals surface area (Å²) in [4.78, 5) is 8.70. The molecule has 0 atom stereocenters. The van der Waals surface area contributed by atoms with Gasteiger partial charge in [0, 0.05) is 11.8 Å². The number of pyridine rings is 2. The fourth-order valence-corrected chi connectivity index (χ4v) is 2.17. The van der Waals surface area contributed by atoms with Crippen LogP contribution in [0.1, 0.15) is 11.3 Å². The van der Waals surface area contributed by atoms with Crippen LogP contribution in [-0.4, -0.2) is 9.97 Å². The Balaban J connectivity index is 2.08. The Hall–Kier alpha value is -2.99. The van der Waals surface area contributed by atoms with Gasteiger partial charge in [-0.25, -0.2) is 4.98 Å². The Labute approximate surface area is 123 Å². The Morgan fingerprint density at radius 2 is 1.71 bits per heavy atom. The maximum atomic E-state index is 9.37. The van der Waals surface area contributed by atoms with Crippen molar-refractivity contribution in [2.24, 2.45) is 0 Å². The van der Waals surface area contributed by atoms with Crippen LogP contribution in [0.5, 0.6) is 0 Å². The third kappa shape index (κ3) is 2.65. The lowest BCUT2D eigenvalue weighted by molar-refractivity contribution is 1.22. The highest BCUT2D eigenvalue weighted by molar-refractivity contribution is 5.71. The maximum absolute atomic E-state index is 9.37. The van der Waals surface area contributed by atoms with Gasteiger partial charge in [-0.15, -0.1) is 0 Å². The van der Waals surface area contributed by atoms with Crippen LogP contribution in [0.4, 0.5) is 0 Å². The summed E-state index contributed by atoms with van der Waals surface area (Å²) in [6.45, 7) is 2.04. The van der Waals surface area contributed by atoms with E-state index < -0.39 is 0 Å². The van der Waals surface area contributed by atoms with E-state index in [0.717, 1.165) is 16.8 Å². The predicted octanol–water partition coefficient (Wildman–Crippen LogP) is 3.99. The first-order valence-electron chi connectivity index (χ1n) is 6.67. The highest BCUT2D eigenvalue weighted by atomic mass is 14.8. The summed E-state index contributed by atoms with van der Waals surface area (Å²) in [5.41, 5.74) is 4.93. The van der Waals surface area contributed by atoms with Gasteiger partial charge in [-0.2, -0.15) is 5.26 Å². The molecular weight excluding hydrogens is 258 g/mol. The molecule has 0 saturated heterocycles. The molecule has 0 aliphatic rings. The van der Waals surface area contributed by atoms with Crippen molar-refractivity contribution in [3.8, 4) is 28.6 Å². The van der Waals surface area contributed by atoms with E-state index in [2.05, 4.69) is 16.0 Å². The largest absolute Gasteiger partial charge is 0.255 e. The molecule has 2 aromatic heterocycles. The minimum Gasteiger partial charge on any atom is -0.255 e. The lowest BCUT2D eigenvalue weighted by Crippen LogP contribution is -1.93. The topological polar surface area (TPSA) is 49.6 Å². The Bertz CT molecular complexity index is 800. The van der Waals surface area contributed by atoms with Gasteiger partial charge in [-0.05, 0) is 36.8 Å². The van der Waals surface area contributed by atoms with Crippen molar-refractivity contribution in [1.29, 1.82) is 5.26 Å². The van der Waals surface area contributed by atoms with Gasteiger partial charge < -0.3 is 0 Å². The van der Waals surface area contributed by atoms with Crippen molar-refractivity contribution < 1.29 is 0 Å². The quantitative estimate of drug-likeness (QED) is 0.708. The van der Waals surface area contributed by atoms with Crippen molar-refractivity contribution in [2.75, 3.05) is 0 Å². The number of rotatable bonds is 2. The molecule has 0 saturated carbocycles. The summed E-state index contributed by atoms with van der Waals surface area (Å²) in [7, 11) is 0. The van der Waals surface area contributed by atoms with Gasteiger partial charge in [-0.3, -0.25) is 4.98 Å². The fourth-order valence-electron chi connectivity index (χ4n) is 2.17. The molecule has 3 rings (SSSR count). The zero-order valence-corrected chi connectivity index (χ0v) is 11.6. The van der Waals surface area contributed by atoms with Crippen LogP contribution in [-0.2, 0) is 0 Å². The SMILES string of the molecule is Cc1ccc(-c2ccc(-c3ccccn3)nc2C#N)cc1. The Kier molecular flexibility index (Phi) is 3.44. The lowest BCUT2D eigenvalue weighted by atomic mass is 10.0. The van der Waals surface area contributed by atoms with Gasteiger partial charge in [0.2, 0.25) is 0 Å². The highest BCUT2D eigenvalue weighted by Gasteiger charge is 2.09. The van der Waals surface area contributed by atoms with E-state index in [9.17, 15) is 5.26 Å². The second-order valence-electron chi connectivity index (χ2n) is 4.79. The smallest absolute Gasteiger partial charge is 0.149 e. The molecule has 21 heavy (non-hydrogen) atoms. The van der Waals surface area contributed by atoms with E-state index in [1.54, 1.807) is 6.20 Å². The molecule has 0 radical (unpaired) electrons. The molecule has 0 fully saturated rings. The van der Waals surface area contributed by atoms with Crippen LogP contribution < -0.4 is 0 Å². The Morgan fingerprint density at radius 3 is 2.38 bits per heavy atom. The molecule has 3 aromatic rings. The number of aryl methyl sites for hydroxylation is 1. The normalized spacial score (nSPS) is 10.1. The van der Waals surface area contributed by atoms with Gasteiger partial charge in [-0.1, -0.05) is 35.9 Å². The molecule has 3 heteroatoms. The van der Waals surface area contributed by atoms with Crippen LogP contribution in [0.15, 0.2) is 60.8 Å². The molecule has 0 aliphatic heterocycles. The number of aromatic nitrogens is 2. The molecule has 0 amide bonds. The van der Waals surface area contributed by atoms with Crippen molar-refractivity contribution in [1.82, 2.24) is 9.97 Å². The molecule has 0 N–H and O–H groups in total. The van der Waals surface area contributed by atoms with E-state index in [0.29, 0.717) is 11.4 Å². The summed E-state index contributed by atoms with van der Waals surface area (Å²) in [6, 6.07) is 19.7. The van der Waals surface area contributed by atoms with Crippen LogP contribution in [0.2, 0.25) is 0 Å². The van der Waals surface area contributed by atoms with Gasteiger partial charge in [0.05, 0.1) is 11.4 Å². The average Bonchev–Trinajstić information content (AvgIpc) is 2.56. The Morgan fingerprint density at radius 1 is 0.905 bits per heavy atom. The van der Waals surface area contributed by atoms with Crippen LogP contribution in [0, 0.1) is 18.3 Å². The van der Waals surface area contributed by atoms with Crippen molar-refractivity contribution in [3.05, 3.63) is 72.1 Å². The first kappa shape index (κ1) is 13.0. The van der Waals surface area contributed by atoms with Crippen LogP contribution in [0.25, 0.3) is 22.5 Å². The fraction of sp³-hybridized carbons (Fsp3) is 0.0556. The van der Waals surface area contributed by atoms with Crippen molar-refractivity contribution in [2.45, 2.75) is 6.92 Å². The zero-order chi connectivity index (χ0) is 14.7. The summed E-state index contributed by atoms with van der Waals surface area (Å²) in [5, 5.41) is 9.37. The van der Waals surface area contributed by atoms with E-state index in [1.807, 2.05) is 61.5 Å². The lowest BCUT2D eigenvalue weighted by Gasteiger charge is -2.06. The number of hydrogen-bond donors (Lipinski definition) is 0. The second-order valence-corrected chi connectivity index (χ2v) is 4.79. The summed E-state index contributed by atoms with van der Waals surface area (Å²) in [6.07, 6.45) is 1.72. The van der Waals surface area contributed by atoms with Gasteiger partial charge in [0.15, 0.2) is 0 Å². The second kappa shape index (κ2) is 5.56. The average molecular weight is 271 g/mol. The third-order valence-electron chi connectivity index (χ3n) is 3.29. The maximum Gasteiger partial charge on any atom is 0.149 e. The van der Waals surface area contributed by atoms with Crippen molar-refractivity contribution >= 4 is 0 Å². The molecule has 0 aliphatic carbocycles. The van der Waals surface area contributed by atoms with Crippen LogP contribution in [0.3, 0.4) is 0 Å². The first-order valence-corrected chi connectivity index (χ1v) is 6.67. The van der Waals surface area contributed by atoms with E-state index in [-0.39, 0.29) is 0 Å². The molecule has 0 spiro atoms. The van der Waals surface area contributed by atoms with E-state index in [1.165, 1.54) is 5.56 Å². The van der Waals surface area contributed by atoms with E-state index in [4.69, 9.17) is 0 Å². The van der Waals surface area contributed by atoms with Gasteiger partial charge in [0.25, 0.3) is 0 Å². The molecule has 100 valence electrons. The van der Waals surface area contributed by atoms with Crippen molar-refractivity contribution in [3.63, 3.8) is 0 Å². The van der Waals surface area contributed by atoms with Crippen LogP contribution >= 0.6 is 0 Å². The third-order valence-corrected chi connectivity index (χ3v) is 3.29. The van der Waals surface area contributed by atoms with Gasteiger partial charge >= 0.3 is 0 Å². The predicted molar refractivity (Wildman–Crippen MR) is 82.4 cm³/mol. The zero-order valence-electron chi connectivity index (χ0n) is 11.6. The molecule has 0 bridgehead atoms. The number of benzene rings is 1. The number of hydrogen-bond acceptors (Lipinski definition) is 3. The summed E-state index contributed by atoms with van der Waals surface area (Å²) in [5.74, 6) is 0. The summed E-state index contributed by atoms with van der Waals surface area (Å²) < 4.78 is 0. The monoisotopic (exact) mass is 271 g/mol. The first-order chi connectivity index (χ1) is 10.3.